The molecule has 1 atom stereocenters. The van der Waals surface area contributed by atoms with Crippen molar-refractivity contribution in [2.75, 3.05) is 5.32 Å². The van der Waals surface area contributed by atoms with Crippen LogP contribution in [0.4, 0.5) is 5.69 Å². The smallest absolute Gasteiger partial charge is 0.224 e. The standard InChI is InChI=1S/C16H15ClN2O/c17-12-8-11-6-7-14(20)19-16(11)13(9-12)15(18)10-4-2-1-3-5-10/h1-5,8-9,15H,6-7,18H2,(H,19,20). The molecule has 1 aliphatic rings. The lowest BCUT2D eigenvalue weighted by molar-refractivity contribution is -0.116. The summed E-state index contributed by atoms with van der Waals surface area (Å²) in [5.74, 6) is 0.0290. The van der Waals surface area contributed by atoms with Crippen LogP contribution in [0, 0.1) is 0 Å². The zero-order chi connectivity index (χ0) is 14.1. The number of nitrogens with one attached hydrogen (secondary N) is 1. The van der Waals surface area contributed by atoms with Gasteiger partial charge in [0.05, 0.1) is 6.04 Å². The van der Waals surface area contributed by atoms with Crippen LogP contribution in [-0.2, 0) is 11.2 Å². The number of aryl methyl sites for hydroxylation is 1. The lowest BCUT2D eigenvalue weighted by Gasteiger charge is -2.24. The number of anilines is 1. The molecule has 3 N–H and O–H groups in total. The summed E-state index contributed by atoms with van der Waals surface area (Å²) < 4.78 is 0. The number of benzene rings is 2. The molecule has 0 spiro atoms. The molecule has 3 nitrogen and oxygen atoms in total. The second-order valence-corrected chi connectivity index (χ2v) is 5.40. The van der Waals surface area contributed by atoms with Crippen molar-refractivity contribution in [2.24, 2.45) is 5.73 Å². The van der Waals surface area contributed by atoms with Crippen LogP contribution in [-0.4, -0.2) is 5.91 Å². The van der Waals surface area contributed by atoms with Gasteiger partial charge in [0.2, 0.25) is 5.91 Å². The Kier molecular flexibility index (Phi) is 3.47. The predicted molar refractivity (Wildman–Crippen MR) is 80.9 cm³/mol. The van der Waals surface area contributed by atoms with Crippen molar-refractivity contribution in [3.63, 3.8) is 0 Å². The monoisotopic (exact) mass is 286 g/mol. The third kappa shape index (κ3) is 2.42. The maximum Gasteiger partial charge on any atom is 0.224 e. The van der Waals surface area contributed by atoms with Gasteiger partial charge < -0.3 is 11.1 Å². The minimum absolute atomic E-state index is 0.0290. The first-order valence-electron chi connectivity index (χ1n) is 6.58. The van der Waals surface area contributed by atoms with Crippen LogP contribution in [0.3, 0.4) is 0 Å². The second-order valence-electron chi connectivity index (χ2n) is 4.97. The van der Waals surface area contributed by atoms with E-state index in [1.54, 1.807) is 0 Å². The molecule has 2 aromatic carbocycles. The molecule has 0 aliphatic carbocycles. The molecule has 1 unspecified atom stereocenters. The summed E-state index contributed by atoms with van der Waals surface area (Å²) in [5, 5.41) is 3.58. The Bertz CT molecular complexity index is 655. The molecule has 0 fully saturated rings. The average molecular weight is 287 g/mol. The fourth-order valence-corrected chi connectivity index (χ4v) is 2.82. The molecule has 1 aliphatic heterocycles. The number of fused-ring (bicyclic) bond motifs is 1. The van der Waals surface area contributed by atoms with Gasteiger partial charge in [-0.05, 0) is 35.2 Å². The van der Waals surface area contributed by atoms with Gasteiger partial charge in [-0.3, -0.25) is 4.79 Å². The van der Waals surface area contributed by atoms with Crippen molar-refractivity contribution in [1.29, 1.82) is 0 Å². The van der Waals surface area contributed by atoms with Crippen LogP contribution in [0.5, 0.6) is 0 Å². The highest BCUT2D eigenvalue weighted by Crippen LogP contribution is 2.35. The molecule has 102 valence electrons. The van der Waals surface area contributed by atoms with E-state index in [-0.39, 0.29) is 11.9 Å². The molecule has 2 aromatic rings. The van der Waals surface area contributed by atoms with Crippen molar-refractivity contribution in [2.45, 2.75) is 18.9 Å². The average Bonchev–Trinajstić information content (AvgIpc) is 2.47. The number of amides is 1. The van der Waals surface area contributed by atoms with E-state index in [9.17, 15) is 4.79 Å². The highest BCUT2D eigenvalue weighted by atomic mass is 35.5. The zero-order valence-electron chi connectivity index (χ0n) is 10.9. The summed E-state index contributed by atoms with van der Waals surface area (Å²) in [7, 11) is 0. The lowest BCUT2D eigenvalue weighted by atomic mass is 9.92. The number of nitrogens with two attached hydrogens (primary N) is 1. The van der Waals surface area contributed by atoms with Crippen molar-refractivity contribution >= 4 is 23.2 Å². The molecular formula is C16H15ClN2O. The number of rotatable bonds is 2. The number of halogens is 1. The Balaban J connectivity index is 2.09. The van der Waals surface area contributed by atoms with Crippen LogP contribution in [0.2, 0.25) is 5.02 Å². The number of carbonyl (C=O) groups excluding carboxylic acids is 1. The van der Waals surface area contributed by atoms with E-state index in [0.29, 0.717) is 17.9 Å². The summed E-state index contributed by atoms with van der Waals surface area (Å²) in [6, 6.07) is 13.2. The van der Waals surface area contributed by atoms with Gasteiger partial charge in [0, 0.05) is 17.1 Å². The summed E-state index contributed by atoms with van der Waals surface area (Å²) >= 11 is 6.18. The van der Waals surface area contributed by atoms with E-state index in [0.717, 1.165) is 22.4 Å². The first kappa shape index (κ1) is 13.2. The lowest BCUT2D eigenvalue weighted by Crippen LogP contribution is -2.23. The van der Waals surface area contributed by atoms with Gasteiger partial charge in [0.1, 0.15) is 0 Å². The van der Waals surface area contributed by atoms with Crippen molar-refractivity contribution in [1.82, 2.24) is 0 Å². The first-order valence-corrected chi connectivity index (χ1v) is 6.95. The van der Waals surface area contributed by atoms with Crippen LogP contribution >= 0.6 is 11.6 Å². The molecule has 0 bridgehead atoms. The summed E-state index contributed by atoms with van der Waals surface area (Å²) in [4.78, 5) is 11.6. The van der Waals surface area contributed by atoms with Crippen LogP contribution in [0.25, 0.3) is 0 Å². The van der Waals surface area contributed by atoms with Gasteiger partial charge in [0.25, 0.3) is 0 Å². The van der Waals surface area contributed by atoms with Crippen molar-refractivity contribution in [3.8, 4) is 0 Å². The van der Waals surface area contributed by atoms with Crippen molar-refractivity contribution < 1.29 is 4.79 Å². The molecule has 1 amide bonds. The van der Waals surface area contributed by atoms with E-state index in [4.69, 9.17) is 17.3 Å². The van der Waals surface area contributed by atoms with Gasteiger partial charge in [-0.15, -0.1) is 0 Å². The maximum atomic E-state index is 11.6. The fourth-order valence-electron chi connectivity index (χ4n) is 2.57. The summed E-state index contributed by atoms with van der Waals surface area (Å²) in [6.07, 6.45) is 1.20. The topological polar surface area (TPSA) is 55.1 Å². The minimum Gasteiger partial charge on any atom is -0.325 e. The minimum atomic E-state index is -0.304. The normalized spacial score (nSPS) is 15.4. The number of hydrogen-bond acceptors (Lipinski definition) is 2. The third-order valence-corrected chi connectivity index (χ3v) is 3.81. The Labute approximate surface area is 122 Å². The number of hydrogen-bond donors (Lipinski definition) is 2. The van der Waals surface area contributed by atoms with Gasteiger partial charge >= 0.3 is 0 Å². The van der Waals surface area contributed by atoms with Gasteiger partial charge in [-0.25, -0.2) is 0 Å². The molecule has 4 heteroatoms. The van der Waals surface area contributed by atoms with Gasteiger partial charge in [-0.2, -0.15) is 0 Å². The molecule has 0 saturated carbocycles. The van der Waals surface area contributed by atoms with Gasteiger partial charge in [-0.1, -0.05) is 41.9 Å². The van der Waals surface area contributed by atoms with E-state index in [2.05, 4.69) is 5.32 Å². The maximum absolute atomic E-state index is 11.6. The fraction of sp³-hybridized carbons (Fsp3) is 0.188. The van der Waals surface area contributed by atoms with E-state index >= 15 is 0 Å². The molecule has 0 aromatic heterocycles. The zero-order valence-corrected chi connectivity index (χ0v) is 11.7. The Hall–Kier alpha value is -1.84. The van der Waals surface area contributed by atoms with E-state index < -0.39 is 0 Å². The quantitative estimate of drug-likeness (QED) is 0.890. The Morgan fingerprint density at radius 3 is 2.65 bits per heavy atom. The molecule has 1 heterocycles. The molecule has 20 heavy (non-hydrogen) atoms. The third-order valence-electron chi connectivity index (χ3n) is 3.59. The Morgan fingerprint density at radius 1 is 1.15 bits per heavy atom. The van der Waals surface area contributed by atoms with Crippen molar-refractivity contribution in [3.05, 3.63) is 64.2 Å². The van der Waals surface area contributed by atoms with Crippen LogP contribution in [0.15, 0.2) is 42.5 Å². The number of carbonyl (C=O) groups is 1. The molecular weight excluding hydrogens is 272 g/mol. The largest absolute Gasteiger partial charge is 0.325 e. The summed E-state index contributed by atoms with van der Waals surface area (Å²) in [6.45, 7) is 0. The highest BCUT2D eigenvalue weighted by Gasteiger charge is 2.22. The first-order chi connectivity index (χ1) is 9.65. The van der Waals surface area contributed by atoms with E-state index in [1.165, 1.54) is 0 Å². The van der Waals surface area contributed by atoms with Crippen LogP contribution in [0.1, 0.15) is 29.2 Å². The summed E-state index contributed by atoms with van der Waals surface area (Å²) in [5.41, 5.74) is 10.1. The second kappa shape index (κ2) is 5.27. The predicted octanol–water partition coefficient (Wildman–Crippen LogP) is 3.27. The molecule has 0 saturated heterocycles. The SMILES string of the molecule is NC(c1ccccc1)c1cc(Cl)cc2c1NC(=O)CC2. The van der Waals surface area contributed by atoms with Gasteiger partial charge in [0.15, 0.2) is 0 Å². The Morgan fingerprint density at radius 2 is 1.90 bits per heavy atom. The molecule has 3 rings (SSSR count). The highest BCUT2D eigenvalue weighted by molar-refractivity contribution is 6.31. The van der Waals surface area contributed by atoms with Crippen LogP contribution < -0.4 is 11.1 Å². The van der Waals surface area contributed by atoms with E-state index in [1.807, 2.05) is 42.5 Å². The molecule has 0 radical (unpaired) electrons.